The molecule has 2 aliphatic heterocycles. The van der Waals surface area contributed by atoms with E-state index in [0.29, 0.717) is 10.9 Å². The number of fused-ring (bicyclic) bond motifs is 1. The third-order valence-corrected chi connectivity index (χ3v) is 7.94. The molecule has 31 heavy (non-hydrogen) atoms. The number of sulfone groups is 1. The maximum absolute atomic E-state index is 14.5. The van der Waals surface area contributed by atoms with E-state index in [4.69, 9.17) is 0 Å². The number of nitrogens with one attached hydrogen (secondary N) is 1. The molecule has 6 nitrogen and oxygen atoms in total. The van der Waals surface area contributed by atoms with Gasteiger partial charge in [-0.3, -0.25) is 9.79 Å². The van der Waals surface area contributed by atoms with Crippen molar-refractivity contribution in [1.29, 1.82) is 0 Å². The summed E-state index contributed by atoms with van der Waals surface area (Å²) in [5.41, 5.74) is 2.70. The van der Waals surface area contributed by atoms with Gasteiger partial charge >= 0.3 is 0 Å². The van der Waals surface area contributed by atoms with Crippen LogP contribution in [0.25, 0.3) is 0 Å². The summed E-state index contributed by atoms with van der Waals surface area (Å²) in [6, 6.07) is 7.76. The number of benzene rings is 2. The van der Waals surface area contributed by atoms with Gasteiger partial charge in [0.1, 0.15) is 11.6 Å². The maximum atomic E-state index is 14.5. The van der Waals surface area contributed by atoms with Gasteiger partial charge in [-0.15, -0.1) is 0 Å². The molecule has 2 aromatic rings. The Kier molecular flexibility index (Phi) is 5.78. The molecule has 164 valence electrons. The predicted octanol–water partition coefficient (Wildman–Crippen LogP) is 3.30. The van der Waals surface area contributed by atoms with Crippen molar-refractivity contribution in [1.82, 2.24) is 0 Å². The van der Waals surface area contributed by atoms with Gasteiger partial charge in [0, 0.05) is 11.8 Å². The molecule has 0 radical (unpaired) electrons. The van der Waals surface area contributed by atoms with Crippen LogP contribution in [0.2, 0.25) is 0 Å². The van der Waals surface area contributed by atoms with Gasteiger partial charge in [-0.1, -0.05) is 23.9 Å². The molecule has 1 amide bonds. The zero-order valence-corrected chi connectivity index (χ0v) is 18.6. The van der Waals surface area contributed by atoms with Crippen molar-refractivity contribution in [3.8, 4) is 0 Å². The number of hydrogen-bond acceptors (Lipinski definition) is 6. The van der Waals surface area contributed by atoms with E-state index in [0.717, 1.165) is 35.0 Å². The third kappa shape index (κ3) is 4.59. The van der Waals surface area contributed by atoms with Crippen molar-refractivity contribution in [3.63, 3.8) is 0 Å². The van der Waals surface area contributed by atoms with Gasteiger partial charge in [0.15, 0.2) is 15.0 Å². The van der Waals surface area contributed by atoms with Crippen molar-refractivity contribution < 1.29 is 22.0 Å². The number of anilines is 2. The van der Waals surface area contributed by atoms with Crippen molar-refractivity contribution in [3.05, 3.63) is 59.2 Å². The van der Waals surface area contributed by atoms with Gasteiger partial charge in [0.05, 0.1) is 35.0 Å². The summed E-state index contributed by atoms with van der Waals surface area (Å²) in [6.07, 6.45) is 0. The number of amides is 1. The molecule has 0 bridgehead atoms. The van der Waals surface area contributed by atoms with E-state index < -0.39 is 33.6 Å². The minimum atomic E-state index is -3.31. The Bertz CT molecular complexity index is 1180. The first kappa shape index (κ1) is 21.8. The average Bonchev–Trinajstić information content (AvgIpc) is 3.14. The highest BCUT2D eigenvalue weighted by Gasteiger charge is 2.47. The Morgan fingerprint density at radius 1 is 1.19 bits per heavy atom. The first-order valence-corrected chi connectivity index (χ1v) is 12.5. The van der Waals surface area contributed by atoms with Crippen LogP contribution in [0, 0.1) is 25.5 Å². The number of aryl methyl sites for hydroxylation is 2. The van der Waals surface area contributed by atoms with Gasteiger partial charge in [-0.2, -0.15) is 0 Å². The van der Waals surface area contributed by atoms with E-state index in [1.807, 2.05) is 32.0 Å². The van der Waals surface area contributed by atoms with Crippen LogP contribution in [0.4, 0.5) is 20.2 Å². The molecule has 0 unspecified atom stereocenters. The minimum absolute atomic E-state index is 0.0116. The molecule has 2 aromatic carbocycles. The molecule has 0 aromatic heterocycles. The van der Waals surface area contributed by atoms with Crippen LogP contribution in [-0.2, 0) is 14.6 Å². The van der Waals surface area contributed by atoms with Gasteiger partial charge < -0.3 is 10.2 Å². The number of amidine groups is 1. The summed E-state index contributed by atoms with van der Waals surface area (Å²) >= 11 is 1.10. The summed E-state index contributed by atoms with van der Waals surface area (Å²) in [5, 5.41) is 3.21. The first-order chi connectivity index (χ1) is 14.6. The second-order valence-corrected chi connectivity index (χ2v) is 10.8. The van der Waals surface area contributed by atoms with E-state index in [-0.39, 0.29) is 28.9 Å². The summed E-state index contributed by atoms with van der Waals surface area (Å²) < 4.78 is 52.1. The standard InChI is InChI=1S/C21H21F2N3O3S2/c1-12-3-4-13(2)16(7-12)24-20(27)9-30-21-25-17-10-31(28,29)11-19(17)26(21)18-6-5-14(22)8-15(18)23/h3-8,17,19H,9-11H2,1-2H3,(H,24,27)/t17-,19+/m1/s1. The molecule has 10 heteroatoms. The lowest BCUT2D eigenvalue weighted by Crippen LogP contribution is -2.40. The summed E-state index contributed by atoms with van der Waals surface area (Å²) in [7, 11) is -3.31. The number of halogens is 2. The highest BCUT2D eigenvalue weighted by molar-refractivity contribution is 8.14. The minimum Gasteiger partial charge on any atom is -0.325 e. The predicted molar refractivity (Wildman–Crippen MR) is 120 cm³/mol. The molecule has 0 spiro atoms. The number of hydrogen-bond donors (Lipinski definition) is 1. The quantitative estimate of drug-likeness (QED) is 0.750. The van der Waals surface area contributed by atoms with Crippen LogP contribution in [0.5, 0.6) is 0 Å². The van der Waals surface area contributed by atoms with Crippen LogP contribution in [0.15, 0.2) is 41.4 Å². The molecular weight excluding hydrogens is 444 g/mol. The highest BCUT2D eigenvalue weighted by atomic mass is 32.2. The Balaban J connectivity index is 1.54. The van der Waals surface area contributed by atoms with Gasteiger partial charge in [0.2, 0.25) is 5.91 Å². The molecule has 2 atom stereocenters. The molecular formula is C21H21F2N3O3S2. The first-order valence-electron chi connectivity index (χ1n) is 9.65. The topological polar surface area (TPSA) is 78.8 Å². The number of aliphatic imine (C=N–C) groups is 1. The van der Waals surface area contributed by atoms with Crippen LogP contribution >= 0.6 is 11.8 Å². The van der Waals surface area contributed by atoms with Gasteiger partial charge in [-0.25, -0.2) is 17.2 Å². The fourth-order valence-electron chi connectivity index (χ4n) is 3.78. The maximum Gasteiger partial charge on any atom is 0.234 e. The molecule has 2 aliphatic rings. The lowest BCUT2D eigenvalue weighted by atomic mass is 10.1. The molecule has 4 rings (SSSR count). The average molecular weight is 466 g/mol. The summed E-state index contributed by atoms with van der Waals surface area (Å²) in [4.78, 5) is 18.5. The third-order valence-electron chi connectivity index (χ3n) is 5.28. The normalized spacial score (nSPS) is 21.7. The molecule has 0 saturated carbocycles. The lowest BCUT2D eigenvalue weighted by molar-refractivity contribution is -0.113. The van der Waals surface area contributed by atoms with Crippen molar-refractivity contribution in [2.24, 2.45) is 4.99 Å². The van der Waals surface area contributed by atoms with Gasteiger partial charge in [0.25, 0.3) is 0 Å². The van der Waals surface area contributed by atoms with Crippen LogP contribution in [0.3, 0.4) is 0 Å². The van der Waals surface area contributed by atoms with Gasteiger partial charge in [-0.05, 0) is 43.2 Å². The monoisotopic (exact) mass is 465 g/mol. The van der Waals surface area contributed by atoms with Crippen molar-refractivity contribution in [2.75, 3.05) is 27.5 Å². The summed E-state index contributed by atoms with van der Waals surface area (Å²) in [5.74, 6) is -2.08. The number of carbonyl (C=O) groups is 1. The SMILES string of the molecule is Cc1ccc(C)c(NC(=O)CSC2=N[C@@H]3CS(=O)(=O)C[C@@H]3N2c2ccc(F)cc2F)c1. The van der Waals surface area contributed by atoms with Crippen LogP contribution < -0.4 is 10.2 Å². The van der Waals surface area contributed by atoms with E-state index in [2.05, 4.69) is 10.3 Å². The number of rotatable bonds is 4. The second kappa shape index (κ2) is 8.23. The van der Waals surface area contributed by atoms with Crippen LogP contribution in [-0.4, -0.2) is 48.8 Å². The van der Waals surface area contributed by atoms with Crippen LogP contribution in [0.1, 0.15) is 11.1 Å². The fraction of sp³-hybridized carbons (Fsp3) is 0.333. The number of thioether (sulfide) groups is 1. The molecule has 2 heterocycles. The fourth-order valence-corrected chi connectivity index (χ4v) is 6.54. The Morgan fingerprint density at radius 3 is 2.71 bits per heavy atom. The molecule has 1 fully saturated rings. The van der Waals surface area contributed by atoms with Crippen molar-refractivity contribution >= 4 is 44.0 Å². The van der Waals surface area contributed by atoms with E-state index >= 15 is 0 Å². The smallest absolute Gasteiger partial charge is 0.234 e. The zero-order valence-electron chi connectivity index (χ0n) is 16.9. The Hall–Kier alpha value is -2.46. The van der Waals surface area contributed by atoms with E-state index in [9.17, 15) is 22.0 Å². The van der Waals surface area contributed by atoms with E-state index in [1.54, 1.807) is 0 Å². The largest absolute Gasteiger partial charge is 0.325 e. The highest BCUT2D eigenvalue weighted by Crippen LogP contribution is 2.36. The Labute approximate surface area is 183 Å². The second-order valence-electron chi connectivity index (χ2n) is 7.74. The van der Waals surface area contributed by atoms with E-state index in [1.165, 1.54) is 11.0 Å². The molecule has 0 aliphatic carbocycles. The van der Waals surface area contributed by atoms with Crippen molar-refractivity contribution in [2.45, 2.75) is 25.9 Å². The lowest BCUT2D eigenvalue weighted by Gasteiger charge is -2.26. The molecule has 1 saturated heterocycles. The zero-order chi connectivity index (χ0) is 22.3. The summed E-state index contributed by atoms with van der Waals surface area (Å²) in [6.45, 7) is 3.82. The molecule has 1 N–H and O–H groups in total. The Morgan fingerprint density at radius 2 is 1.97 bits per heavy atom. The number of carbonyl (C=O) groups excluding carboxylic acids is 1. The number of nitrogens with zero attached hydrogens (tertiary/aromatic N) is 2.